The number of hydrogen-bond donors (Lipinski definition) is 0. The van der Waals surface area contributed by atoms with Crippen molar-refractivity contribution in [2.75, 3.05) is 34.0 Å². The molecule has 4 nitrogen and oxygen atoms in total. The third kappa shape index (κ3) is 4.29. The minimum atomic E-state index is -0.290. The molecule has 0 aliphatic carbocycles. The number of Topliss-reactive ketones (excluding diaryl/α,β-unsaturated/α-hetero) is 1. The van der Waals surface area contributed by atoms with Crippen molar-refractivity contribution in [2.45, 2.75) is 52.0 Å². The largest absolute Gasteiger partial charge is 0.493 e. The summed E-state index contributed by atoms with van der Waals surface area (Å²) in [6.07, 6.45) is 3.83. The van der Waals surface area contributed by atoms with Crippen LogP contribution in [0.2, 0.25) is 0 Å². The minimum absolute atomic E-state index is 0.0374. The van der Waals surface area contributed by atoms with Gasteiger partial charge in [-0.15, -0.1) is 0 Å². The molecule has 2 aliphatic rings. The molecule has 0 saturated carbocycles. The Morgan fingerprint density at radius 2 is 1.89 bits per heavy atom. The van der Waals surface area contributed by atoms with Crippen LogP contribution in [0, 0.1) is 11.3 Å². The van der Waals surface area contributed by atoms with Crippen LogP contribution in [0.4, 0.5) is 4.39 Å². The number of nitrogens with zero attached hydrogens (tertiary/aromatic N) is 1. The lowest BCUT2D eigenvalue weighted by molar-refractivity contribution is -0.129. The zero-order valence-electron chi connectivity index (χ0n) is 17.0. The third-order valence-corrected chi connectivity index (χ3v) is 6.36. The Morgan fingerprint density at radius 1 is 1.19 bits per heavy atom. The van der Waals surface area contributed by atoms with Crippen molar-refractivity contribution in [3.63, 3.8) is 0 Å². The molecule has 2 aliphatic heterocycles. The lowest BCUT2D eigenvalue weighted by Crippen LogP contribution is -2.46. The van der Waals surface area contributed by atoms with E-state index in [1.54, 1.807) is 14.2 Å². The maximum Gasteiger partial charge on any atom is 0.161 e. The predicted octanol–water partition coefficient (Wildman–Crippen LogP) is 4.36. The molecule has 0 spiro atoms. The topological polar surface area (TPSA) is 38.8 Å². The first-order chi connectivity index (χ1) is 12.9. The highest BCUT2D eigenvalue weighted by molar-refractivity contribution is 5.83. The Kier molecular flexibility index (Phi) is 6.09. The standard InChI is InChI=1S/C22H32FNO3/c1-22(2,8-9-23)7-5-16-14-24-10-6-15-11-20(26-3)21(27-4)12-17(15)18(24)13-19(16)25/h11-12,16,18H,5-10,13-14H2,1-4H3/t16-,18-/m0/s1/i23-1. The summed E-state index contributed by atoms with van der Waals surface area (Å²) < 4.78 is 23.6. The van der Waals surface area contributed by atoms with Crippen molar-refractivity contribution in [3.05, 3.63) is 23.3 Å². The number of rotatable bonds is 7. The van der Waals surface area contributed by atoms with E-state index in [1.807, 2.05) is 6.07 Å². The maximum absolute atomic E-state index is 12.9. The lowest BCUT2D eigenvalue weighted by Gasteiger charge is -2.43. The zero-order chi connectivity index (χ0) is 19.6. The fraction of sp³-hybridized carbons (Fsp3) is 0.682. The maximum atomic E-state index is 12.9. The van der Waals surface area contributed by atoms with Crippen molar-refractivity contribution in [3.8, 4) is 11.5 Å². The summed E-state index contributed by atoms with van der Waals surface area (Å²) in [5, 5.41) is 0. The molecule has 0 radical (unpaired) electrons. The molecule has 3 rings (SSSR count). The molecule has 2 atom stereocenters. The quantitative estimate of drug-likeness (QED) is 0.709. The van der Waals surface area contributed by atoms with Crippen LogP contribution in [0.1, 0.15) is 56.7 Å². The molecule has 0 unspecified atom stereocenters. The fourth-order valence-electron chi connectivity index (χ4n) is 4.48. The summed E-state index contributed by atoms with van der Waals surface area (Å²) in [7, 11) is 3.30. The number of alkyl halides is 1. The van der Waals surface area contributed by atoms with Gasteiger partial charge in [0.25, 0.3) is 0 Å². The number of hydrogen-bond acceptors (Lipinski definition) is 4. The average Bonchev–Trinajstić information content (AvgIpc) is 2.65. The molecule has 0 aromatic heterocycles. The number of ether oxygens (including phenoxy) is 2. The highest BCUT2D eigenvalue weighted by Gasteiger charge is 2.38. The van der Waals surface area contributed by atoms with Crippen molar-refractivity contribution < 1.29 is 18.7 Å². The van der Waals surface area contributed by atoms with E-state index in [4.69, 9.17) is 9.47 Å². The van der Waals surface area contributed by atoms with Gasteiger partial charge >= 0.3 is 0 Å². The van der Waals surface area contributed by atoms with Gasteiger partial charge in [0.2, 0.25) is 0 Å². The van der Waals surface area contributed by atoms with Gasteiger partial charge in [-0.05, 0) is 54.4 Å². The van der Waals surface area contributed by atoms with Gasteiger partial charge < -0.3 is 9.47 Å². The van der Waals surface area contributed by atoms with E-state index in [9.17, 15) is 9.18 Å². The van der Waals surface area contributed by atoms with E-state index < -0.39 is 0 Å². The molecule has 1 saturated heterocycles. The summed E-state index contributed by atoms with van der Waals surface area (Å²) in [5.74, 6) is 1.89. The van der Waals surface area contributed by atoms with Crippen molar-refractivity contribution in [1.29, 1.82) is 0 Å². The number of carbonyl (C=O) groups excluding carboxylic acids is 1. The summed E-state index contributed by atoms with van der Waals surface area (Å²) in [4.78, 5) is 15.3. The van der Waals surface area contributed by atoms with E-state index in [1.165, 1.54) is 11.1 Å². The van der Waals surface area contributed by atoms with Crippen molar-refractivity contribution in [1.82, 2.24) is 4.90 Å². The van der Waals surface area contributed by atoms with Crippen molar-refractivity contribution in [2.24, 2.45) is 11.3 Å². The highest BCUT2D eigenvalue weighted by Crippen LogP contribution is 2.43. The summed E-state index contributed by atoms with van der Waals surface area (Å²) in [5.41, 5.74) is 2.41. The Hall–Kier alpha value is -1.62. The number of benzene rings is 1. The first kappa shape index (κ1) is 20.1. The van der Waals surface area contributed by atoms with Crippen LogP contribution < -0.4 is 9.47 Å². The molecule has 0 bridgehead atoms. The van der Waals surface area contributed by atoms with Gasteiger partial charge in [0.15, 0.2) is 11.5 Å². The smallest absolute Gasteiger partial charge is 0.161 e. The van der Waals surface area contributed by atoms with Crippen LogP contribution in [0.15, 0.2) is 12.1 Å². The van der Waals surface area contributed by atoms with Gasteiger partial charge in [0.05, 0.1) is 20.9 Å². The van der Waals surface area contributed by atoms with Crippen LogP contribution in [0.3, 0.4) is 0 Å². The Morgan fingerprint density at radius 3 is 2.56 bits per heavy atom. The molecule has 150 valence electrons. The van der Waals surface area contributed by atoms with Crippen LogP contribution in [0.25, 0.3) is 0 Å². The molecule has 0 amide bonds. The summed E-state index contributed by atoms with van der Waals surface area (Å²) >= 11 is 0. The average molecular weight is 377 g/mol. The van der Waals surface area contributed by atoms with Gasteiger partial charge in [-0.25, -0.2) is 0 Å². The normalized spacial score (nSPS) is 22.9. The van der Waals surface area contributed by atoms with Crippen LogP contribution in [0.5, 0.6) is 11.5 Å². The predicted molar refractivity (Wildman–Crippen MR) is 104 cm³/mol. The summed E-state index contributed by atoms with van der Waals surface area (Å²) in [6.45, 7) is 5.68. The zero-order valence-corrected chi connectivity index (χ0v) is 17.0. The van der Waals surface area contributed by atoms with Crippen molar-refractivity contribution >= 4 is 5.78 Å². The molecule has 1 aromatic rings. The molecule has 1 aromatic carbocycles. The van der Waals surface area contributed by atoms with Crippen LogP contribution in [-0.4, -0.2) is 44.7 Å². The van der Waals surface area contributed by atoms with Crippen LogP contribution in [-0.2, 0) is 11.2 Å². The first-order valence-electron chi connectivity index (χ1n) is 9.96. The second-order valence-electron chi connectivity index (χ2n) is 8.68. The highest BCUT2D eigenvalue weighted by atomic mass is 18.2. The Bertz CT molecular complexity index is 688. The van der Waals surface area contributed by atoms with Gasteiger partial charge in [-0.1, -0.05) is 13.8 Å². The number of ketones is 1. The number of methoxy groups -OCH3 is 2. The van der Waals surface area contributed by atoms with E-state index in [0.717, 1.165) is 43.9 Å². The van der Waals surface area contributed by atoms with Gasteiger partial charge in [0, 0.05) is 31.5 Å². The fourth-order valence-corrected chi connectivity index (χ4v) is 4.48. The molecule has 27 heavy (non-hydrogen) atoms. The van der Waals surface area contributed by atoms with E-state index in [-0.39, 0.29) is 24.0 Å². The first-order valence-corrected chi connectivity index (χ1v) is 9.96. The SMILES string of the molecule is COc1cc2c(cc1OC)[C@@H]1CC(=O)[C@@H](CCC(C)(C)CC[18F])CN1CC2. The Balaban J connectivity index is 1.74. The molecule has 0 N–H and O–H groups in total. The molecule has 5 heteroatoms. The van der Waals surface area contributed by atoms with Gasteiger partial charge in [0.1, 0.15) is 5.78 Å². The third-order valence-electron chi connectivity index (χ3n) is 6.36. The second kappa shape index (κ2) is 8.17. The molecular weight excluding hydrogens is 344 g/mol. The minimum Gasteiger partial charge on any atom is -0.493 e. The van der Waals surface area contributed by atoms with E-state index in [2.05, 4.69) is 24.8 Å². The number of halogens is 1. The van der Waals surface area contributed by atoms with E-state index in [0.29, 0.717) is 18.6 Å². The number of piperidine rings is 1. The Labute approximate surface area is 162 Å². The second-order valence-corrected chi connectivity index (χ2v) is 8.68. The van der Waals surface area contributed by atoms with Crippen LogP contribution >= 0.6 is 0 Å². The molecular formula is C22H32FNO3. The number of fused-ring (bicyclic) bond motifs is 3. The monoisotopic (exact) mass is 376 g/mol. The van der Waals surface area contributed by atoms with E-state index >= 15 is 0 Å². The summed E-state index contributed by atoms with van der Waals surface area (Å²) in [6, 6.07) is 4.24. The number of carbonyl (C=O) groups is 1. The molecule has 2 heterocycles. The van der Waals surface area contributed by atoms with Gasteiger partial charge in [-0.3, -0.25) is 14.1 Å². The molecule has 1 fully saturated rings. The van der Waals surface area contributed by atoms with Gasteiger partial charge in [-0.2, -0.15) is 0 Å². The lowest BCUT2D eigenvalue weighted by atomic mass is 9.77.